The first kappa shape index (κ1) is 15.7. The Labute approximate surface area is 154 Å². The van der Waals surface area contributed by atoms with Gasteiger partial charge >= 0.3 is 0 Å². The van der Waals surface area contributed by atoms with Crippen LogP contribution in [0.15, 0.2) is 61.1 Å². The number of aromatic nitrogens is 3. The van der Waals surface area contributed by atoms with Gasteiger partial charge in [-0.15, -0.1) is 0 Å². The Morgan fingerprint density at radius 2 is 1.85 bits per heavy atom. The summed E-state index contributed by atoms with van der Waals surface area (Å²) in [5, 5.41) is 0.951. The van der Waals surface area contributed by atoms with E-state index in [4.69, 9.17) is 0 Å². The van der Waals surface area contributed by atoms with Crippen LogP contribution >= 0.6 is 0 Å². The number of nitrogens with zero attached hydrogens (tertiary/aromatic N) is 3. The molecule has 1 amide bonds. The van der Waals surface area contributed by atoms with E-state index in [0.717, 1.165) is 27.5 Å². The predicted molar refractivity (Wildman–Crippen MR) is 102 cm³/mol. The fraction of sp³-hybridized carbons (Fsp3) is 0.143. The normalized spacial score (nSPS) is 20.1. The molecule has 1 aliphatic rings. The van der Waals surface area contributed by atoms with Crippen LogP contribution in [-0.2, 0) is 9.59 Å². The zero-order valence-corrected chi connectivity index (χ0v) is 14.6. The van der Waals surface area contributed by atoms with Crippen molar-refractivity contribution in [3.05, 3.63) is 66.6 Å². The first-order chi connectivity index (χ1) is 13.1. The van der Waals surface area contributed by atoms with Crippen LogP contribution in [0, 0.1) is 5.92 Å². The number of rotatable bonds is 2. The smallest absolute Gasteiger partial charge is 0.295 e. The molecule has 1 saturated heterocycles. The summed E-state index contributed by atoms with van der Waals surface area (Å²) in [5.41, 5.74) is 4.09. The van der Waals surface area contributed by atoms with Gasteiger partial charge in [0.25, 0.3) is 5.91 Å². The number of aromatic amines is 1. The van der Waals surface area contributed by atoms with E-state index < -0.39 is 11.8 Å². The minimum Gasteiger partial charge on any atom is -0.345 e. The molecule has 6 nitrogen and oxygen atoms in total. The molecule has 132 valence electrons. The van der Waals surface area contributed by atoms with Crippen molar-refractivity contribution in [2.75, 3.05) is 4.90 Å². The average Bonchev–Trinajstić information content (AvgIpc) is 3.25. The van der Waals surface area contributed by atoms with Gasteiger partial charge < -0.3 is 4.98 Å². The highest BCUT2D eigenvalue weighted by Gasteiger charge is 2.46. The van der Waals surface area contributed by atoms with Crippen molar-refractivity contribution in [2.45, 2.75) is 13.0 Å². The Morgan fingerprint density at radius 3 is 2.74 bits per heavy atom. The quantitative estimate of drug-likeness (QED) is 0.558. The number of benzene rings is 2. The van der Waals surface area contributed by atoms with Gasteiger partial charge in [0.1, 0.15) is 0 Å². The minimum atomic E-state index is -0.479. The number of fused-ring (bicyclic) bond motifs is 2. The SMILES string of the molecule is CC1C(=O)C(=O)N(c2ccc3nc[nH]c3c2)C1c1ccnc2ccccc12. The summed E-state index contributed by atoms with van der Waals surface area (Å²) in [6.07, 6.45) is 3.34. The summed E-state index contributed by atoms with van der Waals surface area (Å²) in [5.74, 6) is -1.29. The third-order valence-corrected chi connectivity index (χ3v) is 5.28. The lowest BCUT2D eigenvalue weighted by Crippen LogP contribution is -2.29. The van der Waals surface area contributed by atoms with Gasteiger partial charge in [-0.25, -0.2) is 4.98 Å². The highest BCUT2D eigenvalue weighted by atomic mass is 16.2. The predicted octanol–water partition coefficient (Wildman–Crippen LogP) is 3.40. The molecule has 0 bridgehead atoms. The molecule has 0 aliphatic carbocycles. The van der Waals surface area contributed by atoms with Gasteiger partial charge in [0.05, 0.1) is 28.9 Å². The summed E-state index contributed by atoms with van der Waals surface area (Å²) in [6.45, 7) is 1.81. The van der Waals surface area contributed by atoms with Gasteiger partial charge in [0, 0.05) is 23.2 Å². The number of nitrogens with one attached hydrogen (secondary N) is 1. The van der Waals surface area contributed by atoms with Crippen LogP contribution in [-0.4, -0.2) is 26.6 Å². The van der Waals surface area contributed by atoms with Crippen LogP contribution in [0.25, 0.3) is 21.9 Å². The van der Waals surface area contributed by atoms with E-state index in [0.29, 0.717) is 5.69 Å². The lowest BCUT2D eigenvalue weighted by Gasteiger charge is -2.27. The highest BCUT2D eigenvalue weighted by Crippen LogP contribution is 2.41. The Kier molecular flexibility index (Phi) is 3.33. The number of pyridine rings is 1. The zero-order chi connectivity index (χ0) is 18.5. The van der Waals surface area contributed by atoms with Gasteiger partial charge in [-0.1, -0.05) is 25.1 Å². The van der Waals surface area contributed by atoms with E-state index >= 15 is 0 Å². The fourth-order valence-corrected chi connectivity index (χ4v) is 3.94. The molecule has 5 rings (SSSR count). The molecule has 0 spiro atoms. The number of para-hydroxylation sites is 1. The summed E-state index contributed by atoms with van der Waals surface area (Å²) in [6, 6.07) is 14.9. The number of ketones is 1. The van der Waals surface area contributed by atoms with Gasteiger partial charge in [0.2, 0.25) is 5.78 Å². The topological polar surface area (TPSA) is 79.0 Å². The van der Waals surface area contributed by atoms with Crippen molar-refractivity contribution in [1.82, 2.24) is 15.0 Å². The number of Topliss-reactive ketones (excluding diaryl/α,β-unsaturated/α-hetero) is 1. The van der Waals surface area contributed by atoms with E-state index in [9.17, 15) is 9.59 Å². The van der Waals surface area contributed by atoms with Crippen LogP contribution in [0.5, 0.6) is 0 Å². The van der Waals surface area contributed by atoms with Gasteiger partial charge in [-0.2, -0.15) is 0 Å². The number of imidazole rings is 1. The van der Waals surface area contributed by atoms with Crippen LogP contribution in [0.2, 0.25) is 0 Å². The van der Waals surface area contributed by atoms with Crippen LogP contribution in [0.3, 0.4) is 0 Å². The van der Waals surface area contributed by atoms with Crippen molar-refractivity contribution >= 4 is 39.3 Å². The molecule has 6 heteroatoms. The van der Waals surface area contributed by atoms with Gasteiger partial charge in [-0.05, 0) is 35.9 Å². The Balaban J connectivity index is 1.72. The molecule has 1 fully saturated rings. The molecule has 1 N–H and O–H groups in total. The second-order valence-electron chi connectivity index (χ2n) is 6.79. The Morgan fingerprint density at radius 1 is 1.00 bits per heavy atom. The van der Waals surface area contributed by atoms with Crippen LogP contribution in [0.4, 0.5) is 5.69 Å². The summed E-state index contributed by atoms with van der Waals surface area (Å²) in [7, 11) is 0. The zero-order valence-electron chi connectivity index (χ0n) is 14.6. The second-order valence-corrected chi connectivity index (χ2v) is 6.79. The van der Waals surface area contributed by atoms with E-state index in [1.807, 2.05) is 55.5 Å². The van der Waals surface area contributed by atoms with Gasteiger partial charge in [-0.3, -0.25) is 19.5 Å². The molecular weight excluding hydrogens is 340 g/mol. The third kappa shape index (κ3) is 2.26. The summed E-state index contributed by atoms with van der Waals surface area (Å²) in [4.78, 5) is 38.7. The molecule has 27 heavy (non-hydrogen) atoms. The number of H-pyrrole nitrogens is 1. The molecule has 2 aromatic carbocycles. The monoisotopic (exact) mass is 356 g/mol. The molecule has 1 aliphatic heterocycles. The van der Waals surface area contributed by atoms with E-state index in [1.165, 1.54) is 0 Å². The molecule has 4 aromatic rings. The minimum absolute atomic E-state index is 0.370. The first-order valence-electron chi connectivity index (χ1n) is 8.79. The van der Waals surface area contributed by atoms with E-state index in [1.54, 1.807) is 17.4 Å². The maximum Gasteiger partial charge on any atom is 0.295 e. The number of amides is 1. The largest absolute Gasteiger partial charge is 0.345 e. The third-order valence-electron chi connectivity index (χ3n) is 5.28. The second kappa shape index (κ2) is 5.74. The maximum absolute atomic E-state index is 12.8. The maximum atomic E-state index is 12.8. The number of hydrogen-bond acceptors (Lipinski definition) is 4. The fourth-order valence-electron chi connectivity index (χ4n) is 3.94. The standard InChI is InChI=1S/C21H16N4O2/c1-12-19(15-8-9-22-16-5-3-2-4-14(15)16)25(21(27)20(12)26)13-6-7-17-18(10-13)24-11-23-17/h2-12,19H,1H3,(H,23,24). The summed E-state index contributed by atoms with van der Waals surface area (Å²) < 4.78 is 0. The summed E-state index contributed by atoms with van der Waals surface area (Å²) >= 11 is 0. The van der Waals surface area contributed by atoms with Crippen molar-refractivity contribution in [3.8, 4) is 0 Å². The Bertz CT molecular complexity index is 1210. The van der Waals surface area contributed by atoms with E-state index in [-0.39, 0.29) is 11.8 Å². The number of hydrogen-bond donors (Lipinski definition) is 1. The van der Waals surface area contributed by atoms with Crippen molar-refractivity contribution < 1.29 is 9.59 Å². The average molecular weight is 356 g/mol. The first-order valence-corrected chi connectivity index (χ1v) is 8.79. The molecule has 0 radical (unpaired) electrons. The lowest BCUT2D eigenvalue weighted by atomic mass is 9.92. The van der Waals surface area contributed by atoms with Crippen molar-refractivity contribution in [2.24, 2.45) is 5.92 Å². The van der Waals surface area contributed by atoms with Crippen LogP contribution in [0.1, 0.15) is 18.5 Å². The molecule has 3 heterocycles. The van der Waals surface area contributed by atoms with Crippen molar-refractivity contribution in [3.63, 3.8) is 0 Å². The number of carbonyl (C=O) groups excluding carboxylic acids is 2. The molecular formula is C21H16N4O2. The lowest BCUT2D eigenvalue weighted by molar-refractivity contribution is -0.135. The van der Waals surface area contributed by atoms with Gasteiger partial charge in [0.15, 0.2) is 0 Å². The number of anilines is 1. The van der Waals surface area contributed by atoms with Crippen molar-refractivity contribution in [1.29, 1.82) is 0 Å². The Hall–Kier alpha value is -3.54. The molecule has 0 saturated carbocycles. The van der Waals surface area contributed by atoms with Crippen LogP contribution < -0.4 is 4.90 Å². The molecule has 2 unspecified atom stereocenters. The molecule has 2 atom stereocenters. The number of carbonyl (C=O) groups is 2. The van der Waals surface area contributed by atoms with E-state index in [2.05, 4.69) is 15.0 Å². The molecule has 2 aromatic heterocycles. The highest BCUT2D eigenvalue weighted by molar-refractivity contribution is 6.45.